The molecule has 116 valence electrons. The van der Waals surface area contributed by atoms with Crippen LogP contribution >= 0.6 is 24.0 Å². The summed E-state index contributed by atoms with van der Waals surface area (Å²) in [7, 11) is 0. The van der Waals surface area contributed by atoms with Crippen molar-refractivity contribution in [2.24, 2.45) is 4.99 Å². The van der Waals surface area contributed by atoms with Crippen molar-refractivity contribution >= 4 is 35.6 Å². The minimum Gasteiger partial charge on any atom is -0.357 e. The highest BCUT2D eigenvalue weighted by Gasteiger charge is 2.16. The lowest BCUT2D eigenvalue weighted by atomic mass is 10.2. The van der Waals surface area contributed by atoms with Crippen LogP contribution in [0.15, 0.2) is 29.3 Å². The summed E-state index contributed by atoms with van der Waals surface area (Å²) in [6.07, 6.45) is 2.35. The molecule has 0 saturated carbocycles. The lowest BCUT2D eigenvalue weighted by molar-refractivity contribution is -0.385. The van der Waals surface area contributed by atoms with Crippen LogP contribution in [-0.4, -0.2) is 35.4 Å². The SMILES string of the molecule is CCNC(=NCc1ccccc1[N+](=O)[O-])N1CCCC1.I. The van der Waals surface area contributed by atoms with E-state index in [1.54, 1.807) is 18.2 Å². The number of hydrogen-bond acceptors (Lipinski definition) is 3. The quantitative estimate of drug-likeness (QED) is 0.276. The number of guanidine groups is 1. The van der Waals surface area contributed by atoms with E-state index in [0.29, 0.717) is 12.1 Å². The second kappa shape index (κ2) is 8.81. The van der Waals surface area contributed by atoms with Gasteiger partial charge in [0.05, 0.1) is 17.0 Å². The van der Waals surface area contributed by atoms with Crippen LogP contribution in [0.4, 0.5) is 5.69 Å². The second-order valence-electron chi connectivity index (χ2n) is 4.75. The molecule has 0 radical (unpaired) electrons. The zero-order valence-corrected chi connectivity index (χ0v) is 14.4. The van der Waals surface area contributed by atoms with Gasteiger partial charge in [0.2, 0.25) is 0 Å². The number of aliphatic imine (C=N–C) groups is 1. The van der Waals surface area contributed by atoms with Gasteiger partial charge in [-0.05, 0) is 19.8 Å². The monoisotopic (exact) mass is 404 g/mol. The number of nitrogens with zero attached hydrogens (tertiary/aromatic N) is 3. The summed E-state index contributed by atoms with van der Waals surface area (Å²) < 4.78 is 0. The standard InChI is InChI=1S/C14H20N4O2.HI/c1-2-15-14(17-9-5-6-10-17)16-11-12-7-3-4-8-13(12)18(19)20;/h3-4,7-8H,2,5-6,9-11H2,1H3,(H,15,16);1H. The Balaban J connectivity index is 0.00000220. The molecule has 1 saturated heterocycles. The van der Waals surface area contributed by atoms with Crippen molar-refractivity contribution in [2.45, 2.75) is 26.3 Å². The molecule has 1 N–H and O–H groups in total. The Bertz CT molecular complexity index is 502. The van der Waals surface area contributed by atoms with Gasteiger partial charge < -0.3 is 10.2 Å². The van der Waals surface area contributed by atoms with E-state index in [-0.39, 0.29) is 34.6 Å². The largest absolute Gasteiger partial charge is 0.357 e. The normalized spacial score (nSPS) is 14.7. The van der Waals surface area contributed by atoms with Crippen molar-refractivity contribution in [3.63, 3.8) is 0 Å². The van der Waals surface area contributed by atoms with Gasteiger partial charge in [0.1, 0.15) is 0 Å². The molecule has 1 aliphatic heterocycles. The van der Waals surface area contributed by atoms with E-state index in [0.717, 1.165) is 25.6 Å². The molecule has 0 bridgehead atoms. The number of nitro benzene ring substituents is 1. The van der Waals surface area contributed by atoms with Crippen LogP contribution in [0, 0.1) is 10.1 Å². The third kappa shape index (κ3) is 4.83. The molecule has 1 aromatic carbocycles. The van der Waals surface area contributed by atoms with Crippen molar-refractivity contribution in [2.75, 3.05) is 19.6 Å². The molecule has 7 heteroatoms. The first-order valence-electron chi connectivity index (χ1n) is 6.98. The highest BCUT2D eigenvalue weighted by molar-refractivity contribution is 14.0. The fourth-order valence-corrected chi connectivity index (χ4v) is 2.34. The van der Waals surface area contributed by atoms with Crippen molar-refractivity contribution < 1.29 is 4.92 Å². The topological polar surface area (TPSA) is 70.8 Å². The summed E-state index contributed by atoms with van der Waals surface area (Å²) in [6, 6.07) is 6.76. The van der Waals surface area contributed by atoms with E-state index in [9.17, 15) is 10.1 Å². The summed E-state index contributed by atoms with van der Waals surface area (Å²) in [5.41, 5.74) is 0.778. The van der Waals surface area contributed by atoms with Gasteiger partial charge in [-0.2, -0.15) is 0 Å². The summed E-state index contributed by atoms with van der Waals surface area (Å²) in [5.74, 6) is 0.850. The van der Waals surface area contributed by atoms with Crippen LogP contribution in [0.3, 0.4) is 0 Å². The van der Waals surface area contributed by atoms with E-state index in [1.165, 1.54) is 18.9 Å². The van der Waals surface area contributed by atoms with E-state index in [1.807, 2.05) is 6.92 Å². The van der Waals surface area contributed by atoms with Crippen LogP contribution in [0.1, 0.15) is 25.3 Å². The van der Waals surface area contributed by atoms with E-state index in [4.69, 9.17) is 0 Å². The summed E-state index contributed by atoms with van der Waals surface area (Å²) in [6.45, 7) is 5.16. The van der Waals surface area contributed by atoms with Crippen molar-refractivity contribution in [3.8, 4) is 0 Å². The molecule has 1 fully saturated rings. The third-order valence-electron chi connectivity index (χ3n) is 3.33. The molecule has 0 aromatic heterocycles. The third-order valence-corrected chi connectivity index (χ3v) is 3.33. The predicted octanol–water partition coefficient (Wildman–Crippen LogP) is 2.77. The van der Waals surface area contributed by atoms with Gasteiger partial charge >= 0.3 is 0 Å². The van der Waals surface area contributed by atoms with E-state index in [2.05, 4.69) is 15.2 Å². The molecule has 21 heavy (non-hydrogen) atoms. The number of likely N-dealkylation sites (tertiary alicyclic amines) is 1. The highest BCUT2D eigenvalue weighted by atomic mass is 127. The van der Waals surface area contributed by atoms with E-state index >= 15 is 0 Å². The van der Waals surface area contributed by atoms with Gasteiger partial charge in [-0.15, -0.1) is 24.0 Å². The van der Waals surface area contributed by atoms with Crippen LogP contribution in [0.2, 0.25) is 0 Å². The molecule has 0 aliphatic carbocycles. The molecule has 1 aliphatic rings. The number of rotatable bonds is 4. The van der Waals surface area contributed by atoms with Gasteiger partial charge in [0.25, 0.3) is 5.69 Å². The Kier molecular flexibility index (Phi) is 7.41. The van der Waals surface area contributed by atoms with Gasteiger partial charge in [-0.3, -0.25) is 10.1 Å². The van der Waals surface area contributed by atoms with Crippen LogP contribution < -0.4 is 5.32 Å². The minimum absolute atomic E-state index is 0. The molecular formula is C14H21IN4O2. The Morgan fingerprint density at radius 1 is 1.38 bits per heavy atom. The minimum atomic E-state index is -0.354. The van der Waals surface area contributed by atoms with Crippen molar-refractivity contribution in [1.82, 2.24) is 10.2 Å². The van der Waals surface area contributed by atoms with Gasteiger partial charge in [-0.25, -0.2) is 4.99 Å². The maximum Gasteiger partial charge on any atom is 0.274 e. The molecular weight excluding hydrogens is 383 g/mol. The van der Waals surface area contributed by atoms with Crippen molar-refractivity contribution in [1.29, 1.82) is 0 Å². The maximum absolute atomic E-state index is 11.0. The lowest BCUT2D eigenvalue weighted by Crippen LogP contribution is -2.39. The first kappa shape index (κ1) is 17.7. The fourth-order valence-electron chi connectivity index (χ4n) is 2.34. The second-order valence-corrected chi connectivity index (χ2v) is 4.75. The molecule has 0 spiro atoms. The number of para-hydroxylation sites is 1. The molecule has 0 unspecified atom stereocenters. The lowest BCUT2D eigenvalue weighted by Gasteiger charge is -2.20. The Labute approximate surface area is 141 Å². The fraction of sp³-hybridized carbons (Fsp3) is 0.500. The van der Waals surface area contributed by atoms with Gasteiger partial charge in [0, 0.05) is 25.7 Å². The molecule has 0 amide bonds. The zero-order chi connectivity index (χ0) is 14.4. The average Bonchev–Trinajstić information content (AvgIpc) is 2.97. The van der Waals surface area contributed by atoms with E-state index < -0.39 is 0 Å². The predicted molar refractivity (Wildman–Crippen MR) is 94.1 cm³/mol. The number of nitro groups is 1. The van der Waals surface area contributed by atoms with Crippen LogP contribution in [0.5, 0.6) is 0 Å². The summed E-state index contributed by atoms with van der Waals surface area (Å²) in [5, 5.41) is 14.2. The number of hydrogen-bond donors (Lipinski definition) is 1. The smallest absolute Gasteiger partial charge is 0.274 e. The Hall–Kier alpha value is -1.38. The van der Waals surface area contributed by atoms with Gasteiger partial charge in [0.15, 0.2) is 5.96 Å². The Morgan fingerprint density at radius 3 is 2.67 bits per heavy atom. The highest BCUT2D eigenvalue weighted by Crippen LogP contribution is 2.18. The number of halogens is 1. The Morgan fingerprint density at radius 2 is 2.05 bits per heavy atom. The first-order valence-corrected chi connectivity index (χ1v) is 6.98. The maximum atomic E-state index is 11.0. The number of nitrogens with one attached hydrogen (secondary N) is 1. The average molecular weight is 404 g/mol. The zero-order valence-electron chi connectivity index (χ0n) is 12.1. The van der Waals surface area contributed by atoms with Crippen molar-refractivity contribution in [3.05, 3.63) is 39.9 Å². The first-order chi connectivity index (χ1) is 9.72. The van der Waals surface area contributed by atoms with Crippen LogP contribution in [0.25, 0.3) is 0 Å². The molecule has 6 nitrogen and oxygen atoms in total. The molecule has 1 heterocycles. The van der Waals surface area contributed by atoms with Gasteiger partial charge in [-0.1, -0.05) is 18.2 Å². The molecule has 2 rings (SSSR count). The molecule has 0 atom stereocenters. The van der Waals surface area contributed by atoms with Crippen LogP contribution in [-0.2, 0) is 6.54 Å². The molecule has 1 aromatic rings. The summed E-state index contributed by atoms with van der Waals surface area (Å²) >= 11 is 0. The number of benzene rings is 1. The summed E-state index contributed by atoms with van der Waals surface area (Å²) in [4.78, 5) is 17.4.